The number of carbonyl (C=O) groups is 1. The van der Waals surface area contributed by atoms with Gasteiger partial charge >= 0.3 is 6.43 Å². The van der Waals surface area contributed by atoms with Crippen LogP contribution in [0.5, 0.6) is 0 Å². The molecule has 0 aliphatic heterocycles. The fraction of sp³-hybridized carbons (Fsp3) is 0.0769. The van der Waals surface area contributed by atoms with Gasteiger partial charge in [-0.1, -0.05) is 23.2 Å². The van der Waals surface area contributed by atoms with E-state index in [1.807, 2.05) is 0 Å². The average Bonchev–Trinajstić information content (AvgIpc) is 3.12. The third-order valence-corrected chi connectivity index (χ3v) is 3.90. The Labute approximate surface area is 132 Å². The van der Waals surface area contributed by atoms with Crippen LogP contribution in [0.4, 0.5) is 14.5 Å². The summed E-state index contributed by atoms with van der Waals surface area (Å²) >= 11 is 12.1. The summed E-state index contributed by atoms with van der Waals surface area (Å²) in [4.78, 5) is 14.2. The number of carbonyl (C=O) groups excluding carboxylic acids is 1. The number of H-pyrrole nitrogens is 2. The van der Waals surface area contributed by atoms with Crippen molar-refractivity contribution < 1.29 is 13.6 Å². The standard InChI is InChI=1S/C13H8Cl2F2N4O/c14-7-1-8(21-13(22)12(16)17)9-6(5-2-19-20-3-5)4-18-11(9)10(7)15/h1-4,12,18H,(H,19,20)(H,21,22). The predicted octanol–water partition coefficient (Wildman–Crippen LogP) is 4.07. The third-order valence-electron chi connectivity index (χ3n) is 3.12. The quantitative estimate of drug-likeness (QED) is 0.670. The zero-order valence-electron chi connectivity index (χ0n) is 10.8. The number of halogens is 4. The molecule has 9 heteroatoms. The summed E-state index contributed by atoms with van der Waals surface area (Å²) < 4.78 is 25.0. The minimum Gasteiger partial charge on any atom is -0.359 e. The Morgan fingerprint density at radius 2 is 2.09 bits per heavy atom. The van der Waals surface area contributed by atoms with Gasteiger partial charge in [-0.2, -0.15) is 13.9 Å². The SMILES string of the molecule is O=C(Nc1cc(Cl)c(Cl)c2[nH]cc(-c3cn[nH]c3)c12)C(F)F. The van der Waals surface area contributed by atoms with Gasteiger partial charge < -0.3 is 10.3 Å². The highest BCUT2D eigenvalue weighted by atomic mass is 35.5. The van der Waals surface area contributed by atoms with Gasteiger partial charge in [0, 0.05) is 28.9 Å². The molecule has 2 aromatic heterocycles. The number of anilines is 1. The summed E-state index contributed by atoms with van der Waals surface area (Å²) in [5, 5.41) is 9.51. The molecule has 5 nitrogen and oxygen atoms in total. The smallest absolute Gasteiger partial charge is 0.315 e. The minimum absolute atomic E-state index is 0.138. The van der Waals surface area contributed by atoms with E-state index < -0.39 is 12.3 Å². The fourth-order valence-corrected chi connectivity index (χ4v) is 2.58. The monoisotopic (exact) mass is 344 g/mol. The van der Waals surface area contributed by atoms with E-state index in [0.29, 0.717) is 22.0 Å². The average molecular weight is 345 g/mol. The molecule has 0 radical (unpaired) electrons. The lowest BCUT2D eigenvalue weighted by atomic mass is 10.1. The molecule has 0 unspecified atom stereocenters. The molecule has 3 N–H and O–H groups in total. The minimum atomic E-state index is -3.14. The van der Waals surface area contributed by atoms with Crippen molar-refractivity contribution in [1.29, 1.82) is 0 Å². The van der Waals surface area contributed by atoms with Crippen molar-refractivity contribution in [3.63, 3.8) is 0 Å². The van der Waals surface area contributed by atoms with E-state index in [9.17, 15) is 13.6 Å². The van der Waals surface area contributed by atoms with Crippen molar-refractivity contribution in [2.75, 3.05) is 5.32 Å². The molecule has 3 rings (SSSR count). The number of nitrogens with one attached hydrogen (secondary N) is 3. The van der Waals surface area contributed by atoms with Gasteiger partial charge in [-0.15, -0.1) is 0 Å². The zero-order chi connectivity index (χ0) is 15.9. The number of hydrogen-bond acceptors (Lipinski definition) is 2. The summed E-state index contributed by atoms with van der Waals surface area (Å²) in [5.74, 6) is -1.42. The van der Waals surface area contributed by atoms with Crippen LogP contribution in [0.3, 0.4) is 0 Å². The van der Waals surface area contributed by atoms with Crippen molar-refractivity contribution in [1.82, 2.24) is 15.2 Å². The molecule has 3 aromatic rings. The Kier molecular flexibility index (Phi) is 3.76. The molecular weight excluding hydrogens is 337 g/mol. The van der Waals surface area contributed by atoms with Gasteiger partial charge in [-0.3, -0.25) is 9.89 Å². The van der Waals surface area contributed by atoms with Crippen molar-refractivity contribution in [3.05, 3.63) is 34.7 Å². The molecule has 0 atom stereocenters. The van der Waals surface area contributed by atoms with Crippen molar-refractivity contribution in [2.45, 2.75) is 6.43 Å². The van der Waals surface area contributed by atoms with Gasteiger partial charge in [0.15, 0.2) is 0 Å². The van der Waals surface area contributed by atoms with Gasteiger partial charge in [0.05, 0.1) is 27.4 Å². The van der Waals surface area contributed by atoms with Crippen LogP contribution in [0.15, 0.2) is 24.7 Å². The molecule has 0 spiro atoms. The second kappa shape index (κ2) is 5.58. The van der Waals surface area contributed by atoms with Crippen LogP contribution in [0.25, 0.3) is 22.0 Å². The number of hydrogen-bond donors (Lipinski definition) is 3. The van der Waals surface area contributed by atoms with E-state index in [-0.39, 0.29) is 15.7 Å². The molecule has 0 aliphatic rings. The van der Waals surface area contributed by atoms with E-state index in [2.05, 4.69) is 20.5 Å². The van der Waals surface area contributed by atoms with Crippen LogP contribution in [0.1, 0.15) is 0 Å². The van der Waals surface area contributed by atoms with E-state index >= 15 is 0 Å². The van der Waals surface area contributed by atoms with Crippen LogP contribution in [-0.4, -0.2) is 27.5 Å². The second-order valence-corrected chi connectivity index (χ2v) is 5.23. The number of aromatic nitrogens is 3. The summed E-state index contributed by atoms with van der Waals surface area (Å²) in [7, 11) is 0. The van der Waals surface area contributed by atoms with E-state index in [1.165, 1.54) is 6.07 Å². The topological polar surface area (TPSA) is 73.6 Å². The van der Waals surface area contributed by atoms with Gasteiger partial charge in [0.2, 0.25) is 0 Å². The molecule has 0 fully saturated rings. The molecule has 1 amide bonds. The maximum Gasteiger partial charge on any atom is 0.315 e. The Morgan fingerprint density at radius 3 is 2.73 bits per heavy atom. The molecular formula is C13H8Cl2F2N4O. The summed E-state index contributed by atoms with van der Waals surface area (Å²) in [6, 6.07) is 1.34. The third kappa shape index (κ3) is 2.42. The number of amides is 1. The molecule has 2 heterocycles. The summed E-state index contributed by atoms with van der Waals surface area (Å²) in [5.41, 5.74) is 1.94. The Morgan fingerprint density at radius 1 is 1.32 bits per heavy atom. The van der Waals surface area contributed by atoms with E-state index in [4.69, 9.17) is 23.2 Å². The highest BCUT2D eigenvalue weighted by Gasteiger charge is 2.21. The number of rotatable bonds is 3. The summed E-state index contributed by atoms with van der Waals surface area (Å²) in [6.07, 6.45) is 1.68. The largest absolute Gasteiger partial charge is 0.359 e. The van der Waals surface area contributed by atoms with Crippen molar-refractivity contribution in [3.8, 4) is 11.1 Å². The van der Waals surface area contributed by atoms with E-state index in [1.54, 1.807) is 18.6 Å². The fourth-order valence-electron chi connectivity index (χ4n) is 2.17. The van der Waals surface area contributed by atoms with Gasteiger partial charge in [-0.25, -0.2) is 0 Å². The molecule has 1 aromatic carbocycles. The molecule has 22 heavy (non-hydrogen) atoms. The first-order chi connectivity index (χ1) is 10.5. The Balaban J connectivity index is 2.24. The molecule has 0 saturated heterocycles. The lowest BCUT2D eigenvalue weighted by molar-refractivity contribution is -0.126. The number of alkyl halides is 2. The Hall–Kier alpha value is -2.12. The first-order valence-electron chi connectivity index (χ1n) is 6.06. The van der Waals surface area contributed by atoms with Gasteiger partial charge in [0.1, 0.15) is 0 Å². The molecule has 114 valence electrons. The lowest BCUT2D eigenvalue weighted by Gasteiger charge is -2.10. The van der Waals surface area contributed by atoms with Gasteiger partial charge in [-0.05, 0) is 6.07 Å². The van der Waals surface area contributed by atoms with Crippen LogP contribution in [0, 0.1) is 0 Å². The number of benzene rings is 1. The van der Waals surface area contributed by atoms with Crippen LogP contribution >= 0.6 is 23.2 Å². The van der Waals surface area contributed by atoms with Crippen molar-refractivity contribution in [2.24, 2.45) is 0 Å². The first-order valence-corrected chi connectivity index (χ1v) is 6.82. The van der Waals surface area contributed by atoms with Crippen LogP contribution < -0.4 is 5.32 Å². The Bertz CT molecular complexity index is 845. The summed E-state index contributed by atoms with van der Waals surface area (Å²) in [6.45, 7) is 0. The van der Waals surface area contributed by atoms with E-state index in [0.717, 1.165) is 0 Å². The molecule has 0 saturated carbocycles. The lowest BCUT2D eigenvalue weighted by Crippen LogP contribution is -2.20. The highest BCUT2D eigenvalue weighted by molar-refractivity contribution is 6.46. The number of fused-ring (bicyclic) bond motifs is 1. The predicted molar refractivity (Wildman–Crippen MR) is 80.5 cm³/mol. The molecule has 0 aliphatic carbocycles. The second-order valence-electron chi connectivity index (χ2n) is 4.45. The highest BCUT2D eigenvalue weighted by Crippen LogP contribution is 2.41. The zero-order valence-corrected chi connectivity index (χ0v) is 12.3. The normalized spacial score (nSPS) is 11.3. The number of nitrogens with zero attached hydrogens (tertiary/aromatic N) is 1. The molecule has 0 bridgehead atoms. The number of aromatic amines is 2. The van der Waals surface area contributed by atoms with Crippen LogP contribution in [0.2, 0.25) is 10.0 Å². The maximum atomic E-state index is 12.5. The maximum absolute atomic E-state index is 12.5. The first kappa shape index (κ1) is 14.8. The van der Waals surface area contributed by atoms with Gasteiger partial charge in [0.25, 0.3) is 5.91 Å². The van der Waals surface area contributed by atoms with Crippen molar-refractivity contribution >= 4 is 45.7 Å². The van der Waals surface area contributed by atoms with Crippen LogP contribution in [-0.2, 0) is 4.79 Å².